The molecule has 170 valence electrons. The lowest BCUT2D eigenvalue weighted by Crippen LogP contribution is -2.44. The van der Waals surface area contributed by atoms with Crippen molar-refractivity contribution >= 4 is 40.4 Å². The van der Waals surface area contributed by atoms with Gasteiger partial charge in [0.15, 0.2) is 5.58 Å². The number of thioether (sulfide) groups is 1. The molecular weight excluding hydrogens is 447 g/mol. The van der Waals surface area contributed by atoms with Gasteiger partial charge in [-0.3, -0.25) is 14.6 Å². The monoisotopic (exact) mass is 467 g/mol. The third-order valence-corrected chi connectivity index (χ3v) is 5.24. The fourth-order valence-corrected chi connectivity index (χ4v) is 3.48. The van der Waals surface area contributed by atoms with Crippen molar-refractivity contribution in [3.05, 3.63) is 64.1 Å². The number of hydrogen-bond acceptors (Lipinski definition) is 5. The van der Waals surface area contributed by atoms with Crippen LogP contribution in [-0.2, 0) is 22.2 Å². The fraction of sp³-hybridized carbons (Fsp3) is 0.286. The van der Waals surface area contributed by atoms with Gasteiger partial charge in [0.1, 0.15) is 6.04 Å². The third-order valence-electron chi connectivity index (χ3n) is 4.59. The molecule has 32 heavy (non-hydrogen) atoms. The molecule has 0 saturated heterocycles. The molecule has 3 rings (SSSR count). The van der Waals surface area contributed by atoms with E-state index in [-0.39, 0.29) is 6.42 Å². The highest BCUT2D eigenvalue weighted by Gasteiger charge is 2.30. The summed E-state index contributed by atoms with van der Waals surface area (Å²) in [5, 5.41) is 5.34. The number of halogens is 3. The number of hydrogen-bond donors (Lipinski definition) is 3. The van der Waals surface area contributed by atoms with Crippen LogP contribution in [-0.4, -0.2) is 34.8 Å². The predicted molar refractivity (Wildman–Crippen MR) is 116 cm³/mol. The average molecular weight is 467 g/mol. The van der Waals surface area contributed by atoms with Gasteiger partial charge in [0, 0.05) is 5.69 Å². The van der Waals surface area contributed by atoms with Gasteiger partial charge in [-0.05, 0) is 54.3 Å². The summed E-state index contributed by atoms with van der Waals surface area (Å²) >= 11 is 1.50. The zero-order valence-corrected chi connectivity index (χ0v) is 17.7. The largest absolute Gasteiger partial charge is 0.417 e. The first-order valence-corrected chi connectivity index (χ1v) is 10.9. The zero-order chi connectivity index (χ0) is 23.3. The van der Waals surface area contributed by atoms with E-state index in [0.29, 0.717) is 34.5 Å². The SMILES string of the molecule is CSCCC(NC(=O)Cc1ccc(C(F)(F)F)cc1)C(=O)Nc1ccc2oc(=O)[nH]c2c1. The van der Waals surface area contributed by atoms with Crippen molar-refractivity contribution in [3.63, 3.8) is 0 Å². The van der Waals surface area contributed by atoms with E-state index >= 15 is 0 Å². The Balaban J connectivity index is 1.65. The first kappa shape index (κ1) is 23.5. The number of aromatic amines is 1. The molecule has 0 aliphatic rings. The Hall–Kier alpha value is -3.21. The van der Waals surface area contributed by atoms with Crippen molar-refractivity contribution in [2.75, 3.05) is 17.3 Å². The van der Waals surface area contributed by atoms with E-state index < -0.39 is 35.4 Å². The summed E-state index contributed by atoms with van der Waals surface area (Å²) in [4.78, 5) is 38.9. The first-order valence-electron chi connectivity index (χ1n) is 9.54. The van der Waals surface area contributed by atoms with E-state index in [1.54, 1.807) is 6.07 Å². The van der Waals surface area contributed by atoms with Gasteiger partial charge in [-0.1, -0.05) is 12.1 Å². The molecule has 2 aromatic carbocycles. The number of amides is 2. The molecule has 11 heteroatoms. The Morgan fingerprint density at radius 1 is 1.16 bits per heavy atom. The second-order valence-electron chi connectivity index (χ2n) is 6.99. The second-order valence-corrected chi connectivity index (χ2v) is 7.97. The molecular formula is C21H20F3N3O4S. The number of anilines is 1. The minimum Gasteiger partial charge on any atom is -0.408 e. The molecule has 7 nitrogen and oxygen atoms in total. The van der Waals surface area contributed by atoms with Gasteiger partial charge in [-0.2, -0.15) is 24.9 Å². The Morgan fingerprint density at radius 2 is 1.88 bits per heavy atom. The highest BCUT2D eigenvalue weighted by Crippen LogP contribution is 2.29. The molecule has 1 heterocycles. The normalized spacial score (nSPS) is 12.5. The summed E-state index contributed by atoms with van der Waals surface area (Å²) < 4.78 is 43.0. The molecule has 1 atom stereocenters. The van der Waals surface area contributed by atoms with Crippen molar-refractivity contribution in [1.82, 2.24) is 10.3 Å². The van der Waals surface area contributed by atoms with Gasteiger partial charge < -0.3 is 15.1 Å². The van der Waals surface area contributed by atoms with E-state index in [0.717, 1.165) is 12.1 Å². The second kappa shape index (κ2) is 9.94. The fourth-order valence-electron chi connectivity index (χ4n) is 3.01. The van der Waals surface area contributed by atoms with Gasteiger partial charge in [-0.25, -0.2) is 4.79 Å². The van der Waals surface area contributed by atoms with Crippen molar-refractivity contribution in [2.45, 2.75) is 25.1 Å². The zero-order valence-electron chi connectivity index (χ0n) is 16.9. The number of carbonyl (C=O) groups is 2. The van der Waals surface area contributed by atoms with Crippen molar-refractivity contribution in [1.29, 1.82) is 0 Å². The maximum Gasteiger partial charge on any atom is 0.417 e. The number of carbonyl (C=O) groups excluding carboxylic acids is 2. The summed E-state index contributed by atoms with van der Waals surface area (Å²) in [5.74, 6) is -0.949. The molecule has 3 N–H and O–H groups in total. The number of benzene rings is 2. The third kappa shape index (κ3) is 6.16. The molecule has 3 aromatic rings. The Bertz CT molecular complexity index is 1160. The number of H-pyrrole nitrogens is 1. The number of fused-ring (bicyclic) bond motifs is 1. The van der Waals surface area contributed by atoms with Crippen molar-refractivity contribution in [2.24, 2.45) is 0 Å². The lowest BCUT2D eigenvalue weighted by Gasteiger charge is -2.18. The van der Waals surface area contributed by atoms with E-state index in [1.165, 1.54) is 36.0 Å². The molecule has 2 amide bonds. The highest BCUT2D eigenvalue weighted by molar-refractivity contribution is 7.98. The summed E-state index contributed by atoms with van der Waals surface area (Å²) in [6.45, 7) is 0. The van der Waals surface area contributed by atoms with Crippen LogP contribution >= 0.6 is 11.8 Å². The first-order chi connectivity index (χ1) is 15.2. The van der Waals surface area contributed by atoms with Crippen molar-refractivity contribution in [3.8, 4) is 0 Å². The minimum absolute atomic E-state index is 0.163. The van der Waals surface area contributed by atoms with Gasteiger partial charge in [0.05, 0.1) is 17.5 Å². The molecule has 0 spiro atoms. The van der Waals surface area contributed by atoms with E-state index in [9.17, 15) is 27.6 Å². The van der Waals surface area contributed by atoms with Gasteiger partial charge in [0.2, 0.25) is 11.8 Å². The van der Waals surface area contributed by atoms with Crippen LogP contribution in [0.25, 0.3) is 11.1 Å². The summed E-state index contributed by atoms with van der Waals surface area (Å²) in [5.41, 5.74) is 0.769. The lowest BCUT2D eigenvalue weighted by atomic mass is 10.1. The number of oxazole rings is 1. The maximum atomic E-state index is 12.7. The van der Waals surface area contributed by atoms with Gasteiger partial charge in [-0.15, -0.1) is 0 Å². The highest BCUT2D eigenvalue weighted by atomic mass is 32.2. The minimum atomic E-state index is -4.45. The molecule has 0 saturated carbocycles. The molecule has 0 aliphatic carbocycles. The quantitative estimate of drug-likeness (QED) is 0.470. The standard InChI is InChI=1S/C21H20F3N3O4S/c1-32-9-8-15(19(29)25-14-6-7-17-16(11-14)27-20(30)31-17)26-18(28)10-12-2-4-13(5-3-12)21(22,23)24/h2-7,11,15H,8-10H2,1H3,(H,25,29)(H,26,28)(H,27,30). The Labute approximate surface area is 184 Å². The lowest BCUT2D eigenvalue weighted by molar-refractivity contribution is -0.137. The van der Waals surface area contributed by atoms with E-state index in [2.05, 4.69) is 15.6 Å². The van der Waals surface area contributed by atoms with Crippen LogP contribution in [0, 0.1) is 0 Å². The molecule has 1 aromatic heterocycles. The van der Waals surface area contributed by atoms with Crippen LogP contribution in [0.1, 0.15) is 17.5 Å². The van der Waals surface area contributed by atoms with Gasteiger partial charge >= 0.3 is 11.9 Å². The maximum absolute atomic E-state index is 12.7. The predicted octanol–water partition coefficient (Wildman–Crippen LogP) is 3.56. The van der Waals surface area contributed by atoms with Crippen LogP contribution in [0.15, 0.2) is 51.7 Å². The molecule has 0 radical (unpaired) electrons. The number of aromatic nitrogens is 1. The van der Waals surface area contributed by atoms with E-state index in [4.69, 9.17) is 4.42 Å². The smallest absolute Gasteiger partial charge is 0.408 e. The van der Waals surface area contributed by atoms with Crippen LogP contribution in [0.5, 0.6) is 0 Å². The van der Waals surface area contributed by atoms with Crippen LogP contribution in [0.2, 0.25) is 0 Å². The number of alkyl halides is 3. The van der Waals surface area contributed by atoms with E-state index in [1.807, 2.05) is 6.26 Å². The van der Waals surface area contributed by atoms with Gasteiger partial charge in [0.25, 0.3) is 0 Å². The molecule has 0 aliphatic heterocycles. The Morgan fingerprint density at radius 3 is 2.53 bits per heavy atom. The molecule has 1 unspecified atom stereocenters. The summed E-state index contributed by atoms with van der Waals surface area (Å²) in [7, 11) is 0. The Kier molecular flexibility index (Phi) is 7.29. The average Bonchev–Trinajstić information content (AvgIpc) is 3.10. The topological polar surface area (TPSA) is 104 Å². The van der Waals surface area contributed by atoms with Crippen molar-refractivity contribution < 1.29 is 27.2 Å². The van der Waals surface area contributed by atoms with Crippen LogP contribution < -0.4 is 16.4 Å². The molecule has 0 fully saturated rings. The van der Waals surface area contributed by atoms with Crippen LogP contribution in [0.3, 0.4) is 0 Å². The number of nitrogens with one attached hydrogen (secondary N) is 3. The molecule has 0 bridgehead atoms. The summed E-state index contributed by atoms with van der Waals surface area (Å²) in [6, 6.07) is 8.08. The van der Waals surface area contributed by atoms with Crippen LogP contribution in [0.4, 0.5) is 18.9 Å². The number of rotatable bonds is 8. The summed E-state index contributed by atoms with van der Waals surface area (Å²) in [6.07, 6.45) is -2.39.